The van der Waals surface area contributed by atoms with E-state index in [1.807, 2.05) is 41.5 Å². The summed E-state index contributed by atoms with van der Waals surface area (Å²) in [5.74, 6) is -0.0844. The Morgan fingerprint density at radius 3 is 2.14 bits per heavy atom. The maximum Gasteiger partial charge on any atom is 0.255 e. The molecule has 5 nitrogen and oxygen atoms in total. The van der Waals surface area contributed by atoms with E-state index in [0.717, 1.165) is 5.57 Å². The number of nitrogens with zero attached hydrogens (tertiary/aromatic N) is 1. The van der Waals surface area contributed by atoms with Gasteiger partial charge in [0.25, 0.3) is 5.91 Å². The van der Waals surface area contributed by atoms with Crippen LogP contribution in [0.15, 0.2) is 23.4 Å². The molecule has 0 bridgehead atoms. The van der Waals surface area contributed by atoms with Crippen molar-refractivity contribution in [2.75, 3.05) is 13.2 Å². The van der Waals surface area contributed by atoms with Crippen LogP contribution in [-0.4, -0.2) is 42.5 Å². The molecule has 1 fully saturated rings. The van der Waals surface area contributed by atoms with Gasteiger partial charge in [-0.1, -0.05) is 19.4 Å². The topological polar surface area (TPSA) is 58.6 Å². The van der Waals surface area contributed by atoms with E-state index < -0.39 is 0 Å². The highest BCUT2D eigenvalue weighted by Crippen LogP contribution is 2.17. The van der Waals surface area contributed by atoms with Crippen molar-refractivity contribution in [3.63, 3.8) is 0 Å². The second-order valence-corrected chi connectivity index (χ2v) is 5.05. The lowest BCUT2D eigenvalue weighted by molar-refractivity contribution is -0.139. The maximum absolute atomic E-state index is 12.6. The van der Waals surface area contributed by atoms with Crippen LogP contribution in [0.5, 0.6) is 0 Å². The number of rotatable bonds is 4. The van der Waals surface area contributed by atoms with Crippen LogP contribution in [0.1, 0.15) is 41.5 Å². The Morgan fingerprint density at radius 2 is 1.71 bits per heavy atom. The highest BCUT2D eigenvalue weighted by atomic mass is 16.5. The molecular weight excluding hydrogens is 268 g/mol. The lowest BCUT2D eigenvalue weighted by Gasteiger charge is -2.39. The van der Waals surface area contributed by atoms with E-state index in [1.54, 1.807) is 11.0 Å². The van der Waals surface area contributed by atoms with Crippen LogP contribution >= 0.6 is 0 Å². The van der Waals surface area contributed by atoms with Crippen molar-refractivity contribution < 1.29 is 14.3 Å². The fourth-order valence-corrected chi connectivity index (χ4v) is 2.15. The zero-order valence-electron chi connectivity index (χ0n) is 14.0. The van der Waals surface area contributed by atoms with Gasteiger partial charge < -0.3 is 15.0 Å². The zero-order valence-corrected chi connectivity index (χ0v) is 14.0. The van der Waals surface area contributed by atoms with E-state index >= 15 is 0 Å². The third kappa shape index (κ3) is 6.12. The highest BCUT2D eigenvalue weighted by molar-refractivity contribution is 5.97. The molecule has 0 saturated carbocycles. The first-order valence-electron chi connectivity index (χ1n) is 7.42. The van der Waals surface area contributed by atoms with Crippen molar-refractivity contribution in [1.29, 1.82) is 0 Å². The summed E-state index contributed by atoms with van der Waals surface area (Å²) in [6, 6.07) is 0.0582. The quantitative estimate of drug-likeness (QED) is 0.492. The van der Waals surface area contributed by atoms with Crippen LogP contribution in [0, 0.1) is 0 Å². The Labute approximate surface area is 128 Å². The number of hydrogen-bond acceptors (Lipinski definition) is 3. The Balaban J connectivity index is 0.00000191. The van der Waals surface area contributed by atoms with Crippen molar-refractivity contribution in [1.82, 2.24) is 10.2 Å². The molecule has 1 heterocycles. The third-order valence-electron chi connectivity index (χ3n) is 2.90. The lowest BCUT2D eigenvalue weighted by atomic mass is 10.1. The van der Waals surface area contributed by atoms with E-state index in [4.69, 9.17) is 4.74 Å². The second kappa shape index (κ2) is 10.2. The molecule has 0 radical (unpaired) electrons. The monoisotopic (exact) mass is 296 g/mol. The van der Waals surface area contributed by atoms with E-state index in [0.29, 0.717) is 25.2 Å². The van der Waals surface area contributed by atoms with E-state index in [1.165, 1.54) is 6.20 Å². The van der Waals surface area contributed by atoms with Crippen LogP contribution in [0.25, 0.3) is 0 Å². The molecule has 21 heavy (non-hydrogen) atoms. The third-order valence-corrected chi connectivity index (χ3v) is 2.90. The molecule has 0 aromatic rings. The van der Waals surface area contributed by atoms with Crippen LogP contribution in [0.3, 0.4) is 0 Å². The van der Waals surface area contributed by atoms with Gasteiger partial charge in [0.2, 0.25) is 6.41 Å². The van der Waals surface area contributed by atoms with Gasteiger partial charge in [-0.05, 0) is 33.8 Å². The Kier molecular flexibility index (Phi) is 9.37. The highest BCUT2D eigenvalue weighted by Gasteiger charge is 2.30. The van der Waals surface area contributed by atoms with Gasteiger partial charge >= 0.3 is 0 Å². The molecule has 0 aromatic heterocycles. The molecular formula is C16H28N2O3. The number of carbonyl (C=O) groups is 2. The molecule has 2 amide bonds. The minimum Gasteiger partial charge on any atom is -0.377 e. The minimum absolute atomic E-state index is 0.0291. The summed E-state index contributed by atoms with van der Waals surface area (Å²) in [7, 11) is 0. The summed E-state index contributed by atoms with van der Waals surface area (Å²) in [4.78, 5) is 24.8. The fourth-order valence-electron chi connectivity index (χ4n) is 2.15. The summed E-state index contributed by atoms with van der Waals surface area (Å²) >= 11 is 0. The molecule has 1 unspecified atom stereocenters. The largest absolute Gasteiger partial charge is 0.377 e. The number of ether oxygens (including phenoxy) is 1. The normalized spacial score (nSPS) is 21.8. The Bertz CT molecular complexity index is 388. The van der Waals surface area contributed by atoms with Gasteiger partial charge in [0.05, 0.1) is 30.9 Å². The predicted molar refractivity (Wildman–Crippen MR) is 84.7 cm³/mol. The van der Waals surface area contributed by atoms with Crippen molar-refractivity contribution in [3.05, 3.63) is 23.4 Å². The summed E-state index contributed by atoms with van der Waals surface area (Å²) in [6.07, 6.45) is 3.77. The van der Waals surface area contributed by atoms with E-state index in [-0.39, 0.29) is 18.0 Å². The van der Waals surface area contributed by atoms with Crippen molar-refractivity contribution in [2.45, 2.75) is 53.6 Å². The van der Waals surface area contributed by atoms with Gasteiger partial charge in [0, 0.05) is 6.20 Å². The summed E-state index contributed by atoms with van der Waals surface area (Å²) in [5, 5.41) is 2.44. The van der Waals surface area contributed by atoms with Crippen LogP contribution in [-0.2, 0) is 14.3 Å². The predicted octanol–water partition coefficient (Wildman–Crippen LogP) is 2.24. The smallest absolute Gasteiger partial charge is 0.255 e. The average molecular weight is 296 g/mol. The summed E-state index contributed by atoms with van der Waals surface area (Å²) in [5.41, 5.74) is 1.48. The molecule has 0 aromatic carbocycles. The van der Waals surface area contributed by atoms with Crippen molar-refractivity contribution in [3.8, 4) is 0 Å². The zero-order chi connectivity index (χ0) is 16.4. The van der Waals surface area contributed by atoms with E-state index in [9.17, 15) is 9.59 Å². The fraction of sp³-hybridized carbons (Fsp3) is 0.625. The Hall–Kier alpha value is -1.62. The SMILES string of the molecule is CC.CC(C)=C/C(=C\NC=O)C(=O)N1C(C)COC[C@H]1C. The molecule has 1 rings (SSSR count). The summed E-state index contributed by atoms with van der Waals surface area (Å²) < 4.78 is 5.42. The number of hydrogen-bond donors (Lipinski definition) is 1. The molecule has 1 N–H and O–H groups in total. The summed E-state index contributed by atoms with van der Waals surface area (Å²) in [6.45, 7) is 12.8. The number of nitrogens with one attached hydrogen (secondary N) is 1. The van der Waals surface area contributed by atoms with Gasteiger partial charge in [0.1, 0.15) is 0 Å². The molecule has 1 saturated heterocycles. The molecule has 5 heteroatoms. The standard InChI is InChI=1S/C14H22N2O3.C2H6/c1-10(2)5-13(6-15-9-17)14(18)16-11(3)7-19-8-12(16)4;1-2/h5-6,9,11-12H,7-8H2,1-4H3,(H,15,17);1-2H3/b13-6+;/t11-,12?;/m1./s1. The molecule has 0 spiro atoms. The number of morpholine rings is 1. The average Bonchev–Trinajstić information content (AvgIpc) is 2.45. The second-order valence-electron chi connectivity index (χ2n) is 5.05. The molecule has 1 aliphatic rings. The number of amides is 2. The van der Waals surface area contributed by atoms with Gasteiger partial charge in [-0.25, -0.2) is 0 Å². The van der Waals surface area contributed by atoms with Gasteiger partial charge in [0.15, 0.2) is 0 Å². The molecule has 120 valence electrons. The maximum atomic E-state index is 12.6. The minimum atomic E-state index is -0.0844. The molecule has 2 atom stereocenters. The van der Waals surface area contributed by atoms with Crippen LogP contribution in [0.4, 0.5) is 0 Å². The Morgan fingerprint density at radius 1 is 1.19 bits per heavy atom. The van der Waals surface area contributed by atoms with Gasteiger partial charge in [-0.2, -0.15) is 0 Å². The van der Waals surface area contributed by atoms with Crippen molar-refractivity contribution >= 4 is 12.3 Å². The lowest BCUT2D eigenvalue weighted by Crippen LogP contribution is -2.52. The van der Waals surface area contributed by atoms with Crippen LogP contribution in [0.2, 0.25) is 0 Å². The molecule has 1 aliphatic heterocycles. The van der Waals surface area contributed by atoms with Crippen LogP contribution < -0.4 is 5.32 Å². The number of allylic oxidation sites excluding steroid dienone is 1. The molecule has 0 aliphatic carbocycles. The van der Waals surface area contributed by atoms with Crippen molar-refractivity contribution in [2.24, 2.45) is 0 Å². The first kappa shape index (κ1) is 19.4. The first-order chi connectivity index (χ1) is 9.97. The number of carbonyl (C=O) groups excluding carboxylic acids is 2. The van der Waals surface area contributed by atoms with Gasteiger partial charge in [-0.3, -0.25) is 9.59 Å². The van der Waals surface area contributed by atoms with Gasteiger partial charge in [-0.15, -0.1) is 0 Å². The van der Waals surface area contributed by atoms with E-state index in [2.05, 4.69) is 5.32 Å². The first-order valence-corrected chi connectivity index (χ1v) is 7.42.